The van der Waals surface area contributed by atoms with Crippen LogP contribution in [0, 0.1) is 0 Å². The molecule has 0 rings (SSSR count). The van der Waals surface area contributed by atoms with Crippen LogP contribution in [0.15, 0.2) is 11.6 Å². The standard InChI is InChI=1S/C7H10O6/c8-3-1-2-4(6(10)11)5(9)7(12)13/h2,5,8-9H,1,3H2,(H,10,11)(H,12,13)/b4-2-/t5-/m1/s1. The molecule has 0 unspecified atom stereocenters. The molecule has 0 aliphatic rings. The van der Waals surface area contributed by atoms with Gasteiger partial charge in [-0.2, -0.15) is 0 Å². The van der Waals surface area contributed by atoms with Gasteiger partial charge in [0.25, 0.3) is 0 Å². The Hall–Kier alpha value is -1.40. The zero-order chi connectivity index (χ0) is 10.4. The number of carbonyl (C=O) groups is 2. The van der Waals surface area contributed by atoms with Crippen molar-refractivity contribution in [3.05, 3.63) is 11.6 Å². The van der Waals surface area contributed by atoms with Crippen LogP contribution < -0.4 is 0 Å². The summed E-state index contributed by atoms with van der Waals surface area (Å²) >= 11 is 0. The summed E-state index contributed by atoms with van der Waals surface area (Å²) in [6, 6.07) is 0. The van der Waals surface area contributed by atoms with Crippen LogP contribution in [0.2, 0.25) is 0 Å². The van der Waals surface area contributed by atoms with Crippen molar-refractivity contribution in [2.45, 2.75) is 12.5 Å². The molecular formula is C7H10O6. The van der Waals surface area contributed by atoms with Crippen molar-refractivity contribution in [1.29, 1.82) is 0 Å². The molecule has 0 aromatic heterocycles. The topological polar surface area (TPSA) is 115 Å². The van der Waals surface area contributed by atoms with Crippen molar-refractivity contribution >= 4 is 11.9 Å². The molecule has 0 aliphatic carbocycles. The van der Waals surface area contributed by atoms with Gasteiger partial charge in [-0.15, -0.1) is 0 Å². The van der Waals surface area contributed by atoms with Crippen LogP contribution in [0.1, 0.15) is 6.42 Å². The summed E-state index contributed by atoms with van der Waals surface area (Å²) in [7, 11) is 0. The van der Waals surface area contributed by atoms with Crippen molar-refractivity contribution in [3.63, 3.8) is 0 Å². The highest BCUT2D eigenvalue weighted by molar-refractivity contribution is 5.95. The van der Waals surface area contributed by atoms with Gasteiger partial charge in [0.1, 0.15) is 0 Å². The highest BCUT2D eigenvalue weighted by Crippen LogP contribution is 2.04. The average Bonchev–Trinajstić information content (AvgIpc) is 2.04. The summed E-state index contributed by atoms with van der Waals surface area (Å²) in [6.45, 7) is -0.302. The van der Waals surface area contributed by atoms with Crippen molar-refractivity contribution in [3.8, 4) is 0 Å². The first-order valence-electron chi connectivity index (χ1n) is 3.45. The van der Waals surface area contributed by atoms with E-state index in [1.54, 1.807) is 0 Å². The highest BCUT2D eigenvalue weighted by atomic mass is 16.4. The third kappa shape index (κ3) is 3.68. The van der Waals surface area contributed by atoms with Crippen LogP contribution in [0.25, 0.3) is 0 Å². The van der Waals surface area contributed by atoms with Crippen LogP contribution in [0.3, 0.4) is 0 Å². The van der Waals surface area contributed by atoms with Gasteiger partial charge in [-0.3, -0.25) is 0 Å². The summed E-state index contributed by atoms with van der Waals surface area (Å²) in [5.41, 5.74) is -0.637. The molecular weight excluding hydrogens is 180 g/mol. The summed E-state index contributed by atoms with van der Waals surface area (Å²) in [5, 5.41) is 33.9. The lowest BCUT2D eigenvalue weighted by atomic mass is 10.1. The first-order valence-corrected chi connectivity index (χ1v) is 3.45. The molecule has 0 spiro atoms. The maximum absolute atomic E-state index is 10.4. The third-order valence-electron chi connectivity index (χ3n) is 1.27. The molecule has 0 aliphatic heterocycles. The van der Waals surface area contributed by atoms with Crippen LogP contribution in [-0.4, -0.2) is 45.1 Å². The molecule has 0 saturated heterocycles. The first-order chi connectivity index (χ1) is 6.00. The molecule has 4 N–H and O–H groups in total. The minimum Gasteiger partial charge on any atom is -0.479 e. The van der Waals surface area contributed by atoms with Crippen LogP contribution in [0.4, 0.5) is 0 Å². The number of rotatable bonds is 5. The van der Waals surface area contributed by atoms with Gasteiger partial charge < -0.3 is 20.4 Å². The Morgan fingerprint density at radius 3 is 2.15 bits per heavy atom. The predicted octanol–water partition coefficient (Wildman–Crippen LogP) is -1.17. The maximum atomic E-state index is 10.4. The Morgan fingerprint density at radius 2 is 1.85 bits per heavy atom. The van der Waals surface area contributed by atoms with Gasteiger partial charge in [-0.05, 0) is 6.42 Å². The van der Waals surface area contributed by atoms with E-state index in [9.17, 15) is 9.59 Å². The van der Waals surface area contributed by atoms with E-state index in [1.165, 1.54) is 0 Å². The van der Waals surface area contributed by atoms with Crippen molar-refractivity contribution in [1.82, 2.24) is 0 Å². The van der Waals surface area contributed by atoms with E-state index >= 15 is 0 Å². The Balaban J connectivity index is 4.60. The number of hydrogen-bond donors (Lipinski definition) is 4. The van der Waals surface area contributed by atoms with Crippen LogP contribution in [-0.2, 0) is 9.59 Å². The number of carboxylic acid groups (broad SMARTS) is 2. The van der Waals surface area contributed by atoms with E-state index in [2.05, 4.69) is 0 Å². The second-order valence-electron chi connectivity index (χ2n) is 2.22. The van der Waals surface area contributed by atoms with Gasteiger partial charge >= 0.3 is 11.9 Å². The largest absolute Gasteiger partial charge is 0.479 e. The molecule has 0 fully saturated rings. The van der Waals surface area contributed by atoms with E-state index in [0.717, 1.165) is 6.08 Å². The lowest BCUT2D eigenvalue weighted by molar-refractivity contribution is -0.147. The first kappa shape index (κ1) is 11.6. The van der Waals surface area contributed by atoms with Gasteiger partial charge in [0, 0.05) is 6.61 Å². The van der Waals surface area contributed by atoms with E-state index in [0.29, 0.717) is 0 Å². The molecule has 1 atom stereocenters. The predicted molar refractivity (Wildman–Crippen MR) is 41.1 cm³/mol. The van der Waals surface area contributed by atoms with Crippen molar-refractivity contribution < 1.29 is 30.0 Å². The molecule has 0 aromatic rings. The van der Waals surface area contributed by atoms with Gasteiger partial charge in [-0.1, -0.05) is 6.08 Å². The Bertz CT molecular complexity index is 231. The minimum absolute atomic E-state index is 0.00796. The molecule has 0 saturated carbocycles. The van der Waals surface area contributed by atoms with E-state index in [1.807, 2.05) is 0 Å². The fourth-order valence-corrected chi connectivity index (χ4v) is 0.669. The zero-order valence-electron chi connectivity index (χ0n) is 6.67. The summed E-state index contributed by atoms with van der Waals surface area (Å²) in [5.74, 6) is -3.14. The molecule has 0 radical (unpaired) electrons. The zero-order valence-corrected chi connectivity index (χ0v) is 6.67. The van der Waals surface area contributed by atoms with Gasteiger partial charge in [0.2, 0.25) is 0 Å². The molecule has 6 nitrogen and oxygen atoms in total. The lowest BCUT2D eigenvalue weighted by Gasteiger charge is -2.05. The van der Waals surface area contributed by atoms with Crippen molar-refractivity contribution in [2.75, 3.05) is 6.61 Å². The van der Waals surface area contributed by atoms with E-state index < -0.39 is 23.6 Å². The minimum atomic E-state index is -2.05. The number of aliphatic carboxylic acids is 2. The second kappa shape index (κ2) is 5.28. The number of carboxylic acids is 2. The van der Waals surface area contributed by atoms with E-state index in [-0.39, 0.29) is 13.0 Å². The number of hydrogen-bond acceptors (Lipinski definition) is 4. The quantitative estimate of drug-likeness (QED) is 0.406. The fourth-order valence-electron chi connectivity index (χ4n) is 0.669. The molecule has 0 bridgehead atoms. The monoisotopic (exact) mass is 190 g/mol. The molecule has 74 valence electrons. The molecule has 0 heterocycles. The SMILES string of the molecule is O=C(O)/C(=C\CCO)[C@@H](O)C(=O)O. The van der Waals surface area contributed by atoms with Crippen LogP contribution in [0.5, 0.6) is 0 Å². The molecule has 6 heteroatoms. The number of aliphatic hydroxyl groups is 2. The third-order valence-corrected chi connectivity index (χ3v) is 1.27. The highest BCUT2D eigenvalue weighted by Gasteiger charge is 2.23. The molecule has 0 aromatic carbocycles. The summed E-state index contributed by atoms with van der Waals surface area (Å²) in [4.78, 5) is 20.6. The van der Waals surface area contributed by atoms with Gasteiger partial charge in [0.05, 0.1) is 5.57 Å². The number of aliphatic hydroxyl groups excluding tert-OH is 2. The molecule has 0 amide bonds. The Labute approximate surface area is 73.7 Å². The average molecular weight is 190 g/mol. The summed E-state index contributed by atoms with van der Waals surface area (Å²) in [6.07, 6.45) is -1.09. The van der Waals surface area contributed by atoms with Gasteiger partial charge in [0.15, 0.2) is 6.10 Å². The van der Waals surface area contributed by atoms with E-state index in [4.69, 9.17) is 20.4 Å². The fraction of sp³-hybridized carbons (Fsp3) is 0.429. The summed E-state index contributed by atoms with van der Waals surface area (Å²) < 4.78 is 0. The van der Waals surface area contributed by atoms with Gasteiger partial charge in [-0.25, -0.2) is 9.59 Å². The Morgan fingerprint density at radius 1 is 1.31 bits per heavy atom. The Kier molecular flexibility index (Phi) is 4.71. The van der Waals surface area contributed by atoms with Crippen LogP contribution >= 0.6 is 0 Å². The second-order valence-corrected chi connectivity index (χ2v) is 2.22. The smallest absolute Gasteiger partial charge is 0.337 e. The maximum Gasteiger partial charge on any atom is 0.337 e. The molecule has 13 heavy (non-hydrogen) atoms. The normalized spacial score (nSPS) is 13.8. The van der Waals surface area contributed by atoms with Crippen molar-refractivity contribution in [2.24, 2.45) is 0 Å². The lowest BCUT2D eigenvalue weighted by Crippen LogP contribution is -2.26.